The Morgan fingerprint density at radius 1 is 1.36 bits per heavy atom. The summed E-state index contributed by atoms with van der Waals surface area (Å²) in [7, 11) is -1.40. The van der Waals surface area contributed by atoms with E-state index in [-0.39, 0.29) is 5.75 Å². The Bertz CT molecular complexity index is 370. The van der Waals surface area contributed by atoms with Crippen LogP contribution in [0.5, 0.6) is 0 Å². The molecule has 76 valence electrons. The van der Waals surface area contributed by atoms with E-state index in [2.05, 4.69) is 0 Å². The topological polar surface area (TPSA) is 34.1 Å². The van der Waals surface area contributed by atoms with Crippen LogP contribution in [0, 0.1) is 11.6 Å². The van der Waals surface area contributed by atoms with Gasteiger partial charge in [-0.3, -0.25) is 9.00 Å². The Labute approximate surface area is 82.4 Å². The molecule has 1 aromatic rings. The molecule has 0 aliphatic rings. The van der Waals surface area contributed by atoms with Crippen molar-refractivity contribution in [3.63, 3.8) is 0 Å². The van der Waals surface area contributed by atoms with E-state index in [1.807, 2.05) is 0 Å². The van der Waals surface area contributed by atoms with E-state index in [1.54, 1.807) is 0 Å². The summed E-state index contributed by atoms with van der Waals surface area (Å²) in [5.74, 6) is -2.97. The molecule has 0 amide bonds. The number of hydrogen-bond donors (Lipinski definition) is 0. The van der Waals surface area contributed by atoms with Crippen molar-refractivity contribution in [3.05, 3.63) is 35.4 Å². The first-order chi connectivity index (χ1) is 6.52. The Morgan fingerprint density at radius 3 is 2.29 bits per heavy atom. The smallest absolute Gasteiger partial charge is 0.181 e. The van der Waals surface area contributed by atoms with Gasteiger partial charge in [-0.25, -0.2) is 8.78 Å². The minimum atomic E-state index is -1.40. The highest BCUT2D eigenvalue weighted by molar-refractivity contribution is 7.85. The summed E-state index contributed by atoms with van der Waals surface area (Å²) in [6.07, 6.45) is 1.30. The lowest BCUT2D eigenvalue weighted by molar-refractivity contribution is 0.101. The maximum Gasteiger partial charge on any atom is 0.181 e. The Hall–Kier alpha value is -1.10. The predicted octanol–water partition coefficient (Wildman–Crippen LogP) is 1.53. The second kappa shape index (κ2) is 4.41. The molecule has 0 aliphatic heterocycles. The molecule has 1 atom stereocenters. The quantitative estimate of drug-likeness (QED) is 0.721. The van der Waals surface area contributed by atoms with Gasteiger partial charge < -0.3 is 0 Å². The van der Waals surface area contributed by atoms with Gasteiger partial charge in [-0.05, 0) is 12.1 Å². The number of carbonyl (C=O) groups is 1. The lowest BCUT2D eigenvalue weighted by atomic mass is 10.1. The average Bonchev–Trinajstić information content (AvgIpc) is 2.01. The number of carbonyl (C=O) groups excluding carboxylic acids is 1. The van der Waals surface area contributed by atoms with Crippen LogP contribution < -0.4 is 0 Å². The van der Waals surface area contributed by atoms with Crippen molar-refractivity contribution in [2.75, 3.05) is 12.0 Å². The number of benzene rings is 1. The fourth-order valence-electron chi connectivity index (χ4n) is 1.02. The van der Waals surface area contributed by atoms with Crippen LogP contribution in [-0.2, 0) is 10.8 Å². The molecule has 0 N–H and O–H groups in total. The highest BCUT2D eigenvalue weighted by Gasteiger charge is 2.17. The molecular formula is C9H8F2O2S. The van der Waals surface area contributed by atoms with E-state index in [1.165, 1.54) is 12.3 Å². The first-order valence-electron chi connectivity index (χ1n) is 3.79. The second-order valence-electron chi connectivity index (χ2n) is 2.74. The fraction of sp³-hybridized carbons (Fsp3) is 0.222. The van der Waals surface area contributed by atoms with E-state index in [0.29, 0.717) is 0 Å². The molecular weight excluding hydrogens is 210 g/mol. The Morgan fingerprint density at radius 2 is 1.86 bits per heavy atom. The molecule has 2 nitrogen and oxygen atoms in total. The summed E-state index contributed by atoms with van der Waals surface area (Å²) in [6, 6.07) is 3.16. The third-order valence-corrected chi connectivity index (χ3v) is 2.24. The molecule has 0 aromatic heterocycles. The maximum absolute atomic E-state index is 13.0. The van der Waals surface area contributed by atoms with Crippen LogP contribution in [0.15, 0.2) is 18.2 Å². The summed E-state index contributed by atoms with van der Waals surface area (Å²) >= 11 is 0. The summed E-state index contributed by atoms with van der Waals surface area (Å²) in [5.41, 5.74) is -0.609. The first-order valence-corrected chi connectivity index (χ1v) is 5.52. The van der Waals surface area contributed by atoms with E-state index >= 15 is 0 Å². The van der Waals surface area contributed by atoms with Crippen molar-refractivity contribution in [1.29, 1.82) is 0 Å². The second-order valence-corrected chi connectivity index (χ2v) is 4.17. The highest BCUT2D eigenvalue weighted by Crippen LogP contribution is 2.12. The van der Waals surface area contributed by atoms with Crippen molar-refractivity contribution in [2.45, 2.75) is 0 Å². The van der Waals surface area contributed by atoms with Gasteiger partial charge in [-0.1, -0.05) is 6.07 Å². The third-order valence-electron chi connectivity index (χ3n) is 1.58. The van der Waals surface area contributed by atoms with Crippen molar-refractivity contribution in [1.82, 2.24) is 0 Å². The van der Waals surface area contributed by atoms with Gasteiger partial charge in [0.25, 0.3) is 0 Å². The van der Waals surface area contributed by atoms with Crippen LogP contribution in [0.3, 0.4) is 0 Å². The zero-order valence-corrected chi connectivity index (χ0v) is 8.24. The molecule has 1 aromatic carbocycles. The van der Waals surface area contributed by atoms with Crippen molar-refractivity contribution < 1.29 is 17.8 Å². The lowest BCUT2D eigenvalue weighted by Gasteiger charge is -2.01. The Kier molecular flexibility index (Phi) is 3.46. The van der Waals surface area contributed by atoms with Gasteiger partial charge in [0.2, 0.25) is 0 Å². The SMILES string of the molecule is CS(=O)CC(=O)c1c(F)cccc1F. The van der Waals surface area contributed by atoms with Crippen LogP contribution in [0.25, 0.3) is 0 Å². The van der Waals surface area contributed by atoms with Gasteiger partial charge in [0.15, 0.2) is 5.78 Å². The Balaban J connectivity index is 3.06. The zero-order chi connectivity index (χ0) is 10.7. The maximum atomic E-state index is 13.0. The van der Waals surface area contributed by atoms with E-state index in [0.717, 1.165) is 12.1 Å². The minimum Gasteiger partial charge on any atom is -0.293 e. The van der Waals surface area contributed by atoms with Crippen molar-refractivity contribution in [2.24, 2.45) is 0 Å². The highest BCUT2D eigenvalue weighted by atomic mass is 32.2. The predicted molar refractivity (Wildman–Crippen MR) is 49.6 cm³/mol. The van der Waals surface area contributed by atoms with Crippen LogP contribution in [0.4, 0.5) is 8.78 Å². The molecule has 0 heterocycles. The molecule has 0 fully saturated rings. The van der Waals surface area contributed by atoms with Crippen LogP contribution in [-0.4, -0.2) is 22.0 Å². The average molecular weight is 218 g/mol. The number of Topliss-reactive ketones (excluding diaryl/α,β-unsaturated/α-hetero) is 1. The molecule has 5 heteroatoms. The van der Waals surface area contributed by atoms with Gasteiger partial charge in [0.05, 0.1) is 11.3 Å². The van der Waals surface area contributed by atoms with Crippen molar-refractivity contribution in [3.8, 4) is 0 Å². The van der Waals surface area contributed by atoms with Gasteiger partial charge >= 0.3 is 0 Å². The molecule has 0 spiro atoms. The summed E-state index contributed by atoms with van der Waals surface area (Å²) in [6.45, 7) is 0. The molecule has 14 heavy (non-hydrogen) atoms. The van der Waals surface area contributed by atoms with Gasteiger partial charge in [-0.2, -0.15) is 0 Å². The largest absolute Gasteiger partial charge is 0.293 e. The molecule has 0 bridgehead atoms. The van der Waals surface area contributed by atoms with E-state index in [9.17, 15) is 17.8 Å². The third kappa shape index (κ3) is 2.45. The van der Waals surface area contributed by atoms with Crippen LogP contribution in [0.1, 0.15) is 10.4 Å². The first kappa shape index (κ1) is 11.0. The van der Waals surface area contributed by atoms with E-state index < -0.39 is 33.8 Å². The number of hydrogen-bond acceptors (Lipinski definition) is 2. The number of rotatable bonds is 3. The van der Waals surface area contributed by atoms with E-state index in [4.69, 9.17) is 0 Å². The number of ketones is 1. The molecule has 1 unspecified atom stereocenters. The fourth-order valence-corrected chi connectivity index (χ4v) is 1.53. The van der Waals surface area contributed by atoms with Crippen molar-refractivity contribution >= 4 is 16.6 Å². The zero-order valence-electron chi connectivity index (χ0n) is 7.42. The standard InChI is InChI=1S/C9H8F2O2S/c1-14(13)5-8(12)9-6(10)3-2-4-7(9)11/h2-4H,5H2,1H3. The molecule has 0 radical (unpaired) electrons. The van der Waals surface area contributed by atoms with Crippen LogP contribution in [0.2, 0.25) is 0 Å². The van der Waals surface area contributed by atoms with Crippen LogP contribution >= 0.6 is 0 Å². The van der Waals surface area contributed by atoms with Gasteiger partial charge in [-0.15, -0.1) is 0 Å². The molecule has 1 rings (SSSR count). The summed E-state index contributed by atoms with van der Waals surface area (Å²) < 4.78 is 36.7. The van der Waals surface area contributed by atoms with Gasteiger partial charge in [0.1, 0.15) is 11.6 Å². The summed E-state index contributed by atoms with van der Waals surface area (Å²) in [5, 5.41) is 0. The monoisotopic (exact) mass is 218 g/mol. The molecule has 0 saturated heterocycles. The normalized spacial score (nSPS) is 12.5. The lowest BCUT2D eigenvalue weighted by Crippen LogP contribution is -2.13. The van der Waals surface area contributed by atoms with Gasteiger partial charge in [0, 0.05) is 17.1 Å². The minimum absolute atomic E-state index is 0.363. The molecule has 0 saturated carbocycles. The summed E-state index contributed by atoms with van der Waals surface area (Å²) in [4.78, 5) is 11.2. The number of halogens is 2. The molecule has 0 aliphatic carbocycles.